The van der Waals surface area contributed by atoms with Gasteiger partial charge in [-0.1, -0.05) is 23.7 Å². The Bertz CT molecular complexity index is 992. The molecule has 25 heavy (non-hydrogen) atoms. The molecule has 2 aromatic carbocycles. The summed E-state index contributed by atoms with van der Waals surface area (Å²) in [6.07, 6.45) is 0. The molecule has 5 nitrogen and oxygen atoms in total. The molecule has 0 aliphatic rings. The molecule has 0 saturated carbocycles. The summed E-state index contributed by atoms with van der Waals surface area (Å²) in [5.41, 5.74) is 0.585. The Balaban J connectivity index is 1.79. The molecule has 0 radical (unpaired) electrons. The van der Waals surface area contributed by atoms with Crippen LogP contribution < -0.4 is 0 Å². The molecule has 0 amide bonds. The number of nitrogens with zero attached hydrogens (tertiary/aromatic N) is 2. The summed E-state index contributed by atoms with van der Waals surface area (Å²) in [4.78, 5) is 0.108. The minimum atomic E-state index is -4.61. The highest BCUT2D eigenvalue weighted by atomic mass is 35.5. The van der Waals surface area contributed by atoms with Crippen LogP contribution in [0.25, 0.3) is 11.5 Å². The number of benzene rings is 2. The van der Waals surface area contributed by atoms with E-state index in [-0.39, 0.29) is 11.1 Å². The van der Waals surface area contributed by atoms with Gasteiger partial charge in [0.1, 0.15) is 0 Å². The third-order valence-electron chi connectivity index (χ3n) is 3.10. The molecule has 0 saturated heterocycles. The maximum absolute atomic E-state index is 12.5. The average Bonchev–Trinajstić information content (AvgIpc) is 3.04. The van der Waals surface area contributed by atoms with Crippen LogP contribution in [0.3, 0.4) is 0 Å². The summed E-state index contributed by atoms with van der Waals surface area (Å²) in [6.45, 7) is 0. The first-order valence-electron chi connectivity index (χ1n) is 6.76. The van der Waals surface area contributed by atoms with Crippen LogP contribution in [-0.2, 0) is 9.84 Å². The standard InChI is InChI=1S/C15H9ClF2N2O3S2/c16-12-4-2-1-3-11(12)13-19-20-15(23-13)24-9-5-7-10(8-6-9)25(21,22)14(17)18/h1-8,14H. The van der Waals surface area contributed by atoms with Crippen LogP contribution in [0.5, 0.6) is 0 Å². The molecule has 10 heteroatoms. The lowest BCUT2D eigenvalue weighted by Gasteiger charge is -2.03. The molecule has 1 heterocycles. The number of hydrogen-bond acceptors (Lipinski definition) is 6. The van der Waals surface area contributed by atoms with E-state index in [1.807, 2.05) is 0 Å². The van der Waals surface area contributed by atoms with E-state index in [4.69, 9.17) is 16.0 Å². The lowest BCUT2D eigenvalue weighted by molar-refractivity contribution is 0.234. The maximum Gasteiger partial charge on any atom is 0.341 e. The van der Waals surface area contributed by atoms with Gasteiger partial charge in [0.15, 0.2) is 0 Å². The Morgan fingerprint density at radius 1 is 1.04 bits per heavy atom. The first-order valence-corrected chi connectivity index (χ1v) is 9.50. The molecule has 3 rings (SSSR count). The van der Waals surface area contributed by atoms with Gasteiger partial charge in [-0.25, -0.2) is 8.42 Å². The van der Waals surface area contributed by atoms with Gasteiger partial charge in [-0.05, 0) is 48.2 Å². The van der Waals surface area contributed by atoms with Gasteiger partial charge in [-0.2, -0.15) is 8.78 Å². The van der Waals surface area contributed by atoms with Crippen molar-refractivity contribution in [3.05, 3.63) is 53.6 Å². The van der Waals surface area contributed by atoms with E-state index >= 15 is 0 Å². The van der Waals surface area contributed by atoms with Crippen molar-refractivity contribution < 1.29 is 21.6 Å². The molecule has 130 valence electrons. The van der Waals surface area contributed by atoms with Gasteiger partial charge in [-0.15, -0.1) is 10.2 Å². The summed E-state index contributed by atoms with van der Waals surface area (Å²) in [6, 6.07) is 12.0. The largest absolute Gasteiger partial charge is 0.411 e. The van der Waals surface area contributed by atoms with Gasteiger partial charge >= 0.3 is 5.76 Å². The van der Waals surface area contributed by atoms with Crippen molar-refractivity contribution >= 4 is 33.2 Å². The van der Waals surface area contributed by atoms with Crippen molar-refractivity contribution in [2.75, 3.05) is 0 Å². The van der Waals surface area contributed by atoms with Crippen LogP contribution in [-0.4, -0.2) is 24.4 Å². The number of aromatic nitrogens is 2. The number of halogens is 3. The van der Waals surface area contributed by atoms with Gasteiger partial charge in [0.2, 0.25) is 15.7 Å². The molecule has 0 unspecified atom stereocenters. The number of sulfone groups is 1. The average molecular weight is 403 g/mol. The molecular formula is C15H9ClF2N2O3S2. The van der Waals surface area contributed by atoms with Crippen molar-refractivity contribution in [3.63, 3.8) is 0 Å². The van der Waals surface area contributed by atoms with E-state index in [9.17, 15) is 17.2 Å². The van der Waals surface area contributed by atoms with Crippen LogP contribution in [0.15, 0.2) is 68.0 Å². The number of rotatable bonds is 5. The quantitative estimate of drug-likeness (QED) is 0.624. The highest BCUT2D eigenvalue weighted by molar-refractivity contribution is 7.99. The predicted octanol–water partition coefficient (Wildman–Crippen LogP) is 4.54. The van der Waals surface area contributed by atoms with Gasteiger partial charge in [0, 0.05) is 4.90 Å². The third-order valence-corrected chi connectivity index (χ3v) is 5.68. The molecule has 1 aromatic heterocycles. The highest BCUT2D eigenvalue weighted by Crippen LogP contribution is 2.32. The van der Waals surface area contributed by atoms with Crippen molar-refractivity contribution in [2.45, 2.75) is 20.8 Å². The van der Waals surface area contributed by atoms with Gasteiger partial charge in [0.05, 0.1) is 15.5 Å². The second kappa shape index (κ2) is 7.11. The summed E-state index contributed by atoms with van der Waals surface area (Å²) in [5.74, 6) is -3.22. The Kier molecular flexibility index (Phi) is 5.07. The van der Waals surface area contributed by atoms with E-state index in [2.05, 4.69) is 10.2 Å². The highest BCUT2D eigenvalue weighted by Gasteiger charge is 2.26. The van der Waals surface area contributed by atoms with Crippen LogP contribution in [0.2, 0.25) is 5.02 Å². The second-order valence-electron chi connectivity index (χ2n) is 4.73. The molecule has 3 aromatic rings. The fraction of sp³-hybridized carbons (Fsp3) is 0.0667. The van der Waals surface area contributed by atoms with Crippen LogP contribution in [0, 0.1) is 0 Å². The fourth-order valence-electron chi connectivity index (χ4n) is 1.90. The molecule has 0 bridgehead atoms. The van der Waals surface area contributed by atoms with Gasteiger partial charge in [-0.3, -0.25) is 0 Å². The SMILES string of the molecule is O=S(=O)(c1ccc(Sc2nnc(-c3ccccc3Cl)o2)cc1)C(F)F. The minimum Gasteiger partial charge on any atom is -0.411 e. The van der Waals surface area contributed by atoms with Crippen molar-refractivity contribution in [1.29, 1.82) is 0 Å². The lowest BCUT2D eigenvalue weighted by atomic mass is 10.2. The number of alkyl halides is 2. The zero-order valence-electron chi connectivity index (χ0n) is 12.3. The van der Waals surface area contributed by atoms with E-state index in [0.717, 1.165) is 23.9 Å². The zero-order chi connectivity index (χ0) is 18.0. The van der Waals surface area contributed by atoms with Crippen LogP contribution >= 0.6 is 23.4 Å². The summed E-state index contributed by atoms with van der Waals surface area (Å²) >= 11 is 7.13. The first-order chi connectivity index (χ1) is 11.9. The Morgan fingerprint density at radius 3 is 2.36 bits per heavy atom. The predicted molar refractivity (Wildman–Crippen MR) is 88.5 cm³/mol. The van der Waals surface area contributed by atoms with E-state index in [1.54, 1.807) is 24.3 Å². The summed E-state index contributed by atoms with van der Waals surface area (Å²) < 4.78 is 53.3. The normalized spacial score (nSPS) is 11.8. The topological polar surface area (TPSA) is 73.1 Å². The monoisotopic (exact) mass is 402 g/mol. The smallest absolute Gasteiger partial charge is 0.341 e. The second-order valence-corrected chi connectivity index (χ2v) is 8.08. The molecule has 0 fully saturated rings. The molecule has 0 aliphatic heterocycles. The van der Waals surface area contributed by atoms with Crippen LogP contribution in [0.1, 0.15) is 0 Å². The maximum atomic E-state index is 12.5. The van der Waals surface area contributed by atoms with Gasteiger partial charge in [0.25, 0.3) is 5.22 Å². The van der Waals surface area contributed by atoms with Crippen molar-refractivity contribution in [3.8, 4) is 11.5 Å². The Hall–Kier alpha value is -1.97. The number of hydrogen-bond donors (Lipinski definition) is 0. The molecule has 0 N–H and O–H groups in total. The van der Waals surface area contributed by atoms with Crippen LogP contribution in [0.4, 0.5) is 8.78 Å². The third kappa shape index (κ3) is 3.83. The fourth-order valence-corrected chi connectivity index (χ4v) is 3.51. The van der Waals surface area contributed by atoms with Crippen molar-refractivity contribution in [1.82, 2.24) is 10.2 Å². The zero-order valence-corrected chi connectivity index (χ0v) is 14.7. The lowest BCUT2D eigenvalue weighted by Crippen LogP contribution is -2.10. The van der Waals surface area contributed by atoms with Gasteiger partial charge < -0.3 is 4.42 Å². The van der Waals surface area contributed by atoms with E-state index < -0.39 is 20.5 Å². The molecular weight excluding hydrogens is 394 g/mol. The minimum absolute atomic E-state index is 0.208. The summed E-state index contributed by atoms with van der Waals surface area (Å²) in [5, 5.41) is 8.45. The molecule has 0 spiro atoms. The first kappa shape index (κ1) is 17.8. The molecule has 0 aliphatic carbocycles. The van der Waals surface area contributed by atoms with Crippen molar-refractivity contribution in [2.24, 2.45) is 0 Å². The Labute approximate surface area is 150 Å². The van der Waals surface area contributed by atoms with E-state index in [1.165, 1.54) is 12.1 Å². The summed E-state index contributed by atoms with van der Waals surface area (Å²) in [7, 11) is -4.61. The molecule has 0 atom stereocenters. The Morgan fingerprint density at radius 2 is 1.72 bits per heavy atom. The van der Waals surface area contributed by atoms with E-state index in [0.29, 0.717) is 15.5 Å².